The fourth-order valence-electron chi connectivity index (χ4n) is 2.34. The number of ether oxygens (including phenoxy) is 1. The van der Waals surface area contributed by atoms with E-state index in [1.54, 1.807) is 35.1 Å². The van der Waals surface area contributed by atoms with Crippen molar-refractivity contribution in [3.8, 4) is 5.75 Å². The Labute approximate surface area is 138 Å². The molecule has 0 aliphatic carbocycles. The summed E-state index contributed by atoms with van der Waals surface area (Å²) in [7, 11) is 1.57. The van der Waals surface area contributed by atoms with Gasteiger partial charge in [-0.25, -0.2) is 4.79 Å². The third-order valence-electron chi connectivity index (χ3n) is 3.59. The fraction of sp³-hybridized carbons (Fsp3) is 0.467. The van der Waals surface area contributed by atoms with Gasteiger partial charge in [-0.1, -0.05) is 0 Å². The number of halogens is 1. The number of hydrogen-bond acceptors (Lipinski definition) is 3. The summed E-state index contributed by atoms with van der Waals surface area (Å²) in [6.07, 6.45) is 0. The first-order chi connectivity index (χ1) is 10.6. The van der Waals surface area contributed by atoms with Crippen molar-refractivity contribution in [2.75, 3.05) is 39.8 Å². The van der Waals surface area contributed by atoms with Gasteiger partial charge in [0.15, 0.2) is 0 Å². The van der Waals surface area contributed by atoms with E-state index in [4.69, 9.17) is 4.74 Å². The van der Waals surface area contributed by atoms with Crippen molar-refractivity contribution in [3.05, 3.63) is 28.2 Å². The number of amides is 3. The van der Waals surface area contributed by atoms with Crippen molar-refractivity contribution in [2.24, 2.45) is 0 Å². The Morgan fingerprint density at radius 3 is 2.45 bits per heavy atom. The highest BCUT2D eigenvalue weighted by Crippen LogP contribution is 2.24. The van der Waals surface area contributed by atoms with E-state index in [9.17, 15) is 9.59 Å². The topological polar surface area (TPSA) is 61.9 Å². The minimum atomic E-state index is -0.0721. The number of methoxy groups -OCH3 is 1. The summed E-state index contributed by atoms with van der Waals surface area (Å²) in [5.74, 6) is 0.592. The monoisotopic (exact) mass is 369 g/mol. The lowest BCUT2D eigenvalue weighted by molar-refractivity contribution is 0.0664. The average molecular weight is 370 g/mol. The molecule has 0 radical (unpaired) electrons. The molecule has 2 rings (SSSR count). The summed E-state index contributed by atoms with van der Waals surface area (Å²) >= 11 is 3.40. The first-order valence-electron chi connectivity index (χ1n) is 7.22. The molecular weight excluding hydrogens is 350 g/mol. The number of nitrogens with one attached hydrogen (secondary N) is 1. The van der Waals surface area contributed by atoms with Crippen LogP contribution in [0.25, 0.3) is 0 Å². The highest BCUT2D eigenvalue weighted by Gasteiger charge is 2.25. The van der Waals surface area contributed by atoms with Crippen LogP contribution in [-0.4, -0.2) is 61.6 Å². The van der Waals surface area contributed by atoms with Crippen LogP contribution in [-0.2, 0) is 0 Å². The van der Waals surface area contributed by atoms with Gasteiger partial charge in [-0.2, -0.15) is 0 Å². The highest BCUT2D eigenvalue weighted by atomic mass is 79.9. The summed E-state index contributed by atoms with van der Waals surface area (Å²) in [5.41, 5.74) is 0.575. The van der Waals surface area contributed by atoms with Gasteiger partial charge in [0.05, 0.1) is 12.7 Å². The summed E-state index contributed by atoms with van der Waals surface area (Å²) in [5, 5.41) is 2.77. The van der Waals surface area contributed by atoms with Crippen molar-refractivity contribution < 1.29 is 14.3 Å². The van der Waals surface area contributed by atoms with Crippen LogP contribution in [0.4, 0.5) is 4.79 Å². The molecule has 0 spiro atoms. The zero-order valence-corrected chi connectivity index (χ0v) is 14.4. The molecule has 0 saturated carbocycles. The molecule has 120 valence electrons. The smallest absolute Gasteiger partial charge is 0.317 e. The molecule has 0 aromatic heterocycles. The van der Waals surface area contributed by atoms with E-state index in [0.717, 1.165) is 4.47 Å². The predicted molar refractivity (Wildman–Crippen MR) is 87.2 cm³/mol. The molecule has 0 unspecified atom stereocenters. The van der Waals surface area contributed by atoms with E-state index in [2.05, 4.69) is 21.2 Å². The number of rotatable bonds is 3. The number of benzene rings is 1. The molecular formula is C15H20BrN3O3. The van der Waals surface area contributed by atoms with Gasteiger partial charge in [-0.05, 0) is 41.1 Å². The minimum absolute atomic E-state index is 0.0543. The summed E-state index contributed by atoms with van der Waals surface area (Å²) in [6.45, 7) is 4.63. The molecule has 6 nitrogen and oxygen atoms in total. The van der Waals surface area contributed by atoms with Crippen molar-refractivity contribution in [1.29, 1.82) is 0 Å². The lowest BCUT2D eigenvalue weighted by atomic mass is 10.1. The lowest BCUT2D eigenvalue weighted by Crippen LogP contribution is -2.53. The SMILES string of the molecule is CCNC(=O)N1CCN(C(=O)c2cc(OC)ccc2Br)CC1. The molecule has 1 heterocycles. The van der Waals surface area contributed by atoms with Crippen molar-refractivity contribution in [3.63, 3.8) is 0 Å². The molecule has 1 aliphatic heterocycles. The van der Waals surface area contributed by atoms with Gasteiger partial charge in [0.2, 0.25) is 0 Å². The minimum Gasteiger partial charge on any atom is -0.497 e. The van der Waals surface area contributed by atoms with Crippen LogP contribution in [0.1, 0.15) is 17.3 Å². The number of hydrogen-bond donors (Lipinski definition) is 1. The van der Waals surface area contributed by atoms with Crippen molar-refractivity contribution in [2.45, 2.75) is 6.92 Å². The second kappa shape index (κ2) is 7.49. The molecule has 1 aliphatic rings. The van der Waals surface area contributed by atoms with Crippen LogP contribution in [0.2, 0.25) is 0 Å². The number of nitrogens with zero attached hydrogens (tertiary/aromatic N) is 2. The molecule has 1 aromatic carbocycles. The molecule has 0 atom stereocenters. The normalized spacial score (nSPS) is 14.7. The maximum atomic E-state index is 12.6. The van der Waals surface area contributed by atoms with E-state index in [0.29, 0.717) is 44.0 Å². The molecule has 22 heavy (non-hydrogen) atoms. The Hall–Kier alpha value is -1.76. The maximum absolute atomic E-state index is 12.6. The summed E-state index contributed by atoms with van der Waals surface area (Å²) < 4.78 is 5.91. The van der Waals surface area contributed by atoms with E-state index in [1.807, 2.05) is 6.92 Å². The second-order valence-electron chi connectivity index (χ2n) is 4.96. The largest absolute Gasteiger partial charge is 0.497 e. The number of carbonyl (C=O) groups is 2. The third kappa shape index (κ3) is 3.71. The number of piperazine rings is 1. The standard InChI is InChI=1S/C15H20BrN3O3/c1-3-17-15(21)19-8-6-18(7-9-19)14(20)12-10-11(22-2)4-5-13(12)16/h4-5,10H,3,6-9H2,1-2H3,(H,17,21). The summed E-state index contributed by atoms with van der Waals surface area (Å²) in [6, 6.07) is 5.25. The van der Waals surface area contributed by atoms with Crippen LogP contribution in [0.5, 0.6) is 5.75 Å². The maximum Gasteiger partial charge on any atom is 0.317 e. The Morgan fingerprint density at radius 1 is 1.23 bits per heavy atom. The predicted octanol–water partition coefficient (Wildman–Crippen LogP) is 1.94. The van der Waals surface area contributed by atoms with E-state index in [1.165, 1.54) is 0 Å². The molecule has 1 aromatic rings. The fourth-order valence-corrected chi connectivity index (χ4v) is 2.76. The average Bonchev–Trinajstić information content (AvgIpc) is 2.55. The van der Waals surface area contributed by atoms with Crippen LogP contribution in [0, 0.1) is 0 Å². The zero-order chi connectivity index (χ0) is 16.1. The molecule has 7 heteroatoms. The highest BCUT2D eigenvalue weighted by molar-refractivity contribution is 9.10. The number of carbonyl (C=O) groups excluding carboxylic acids is 2. The Kier molecular flexibility index (Phi) is 5.65. The van der Waals surface area contributed by atoms with Gasteiger partial charge in [-0.15, -0.1) is 0 Å². The van der Waals surface area contributed by atoms with Gasteiger partial charge >= 0.3 is 6.03 Å². The van der Waals surface area contributed by atoms with Gasteiger partial charge in [0.25, 0.3) is 5.91 Å². The Balaban J connectivity index is 2.02. The van der Waals surface area contributed by atoms with Crippen LogP contribution in [0.3, 0.4) is 0 Å². The number of urea groups is 1. The second-order valence-corrected chi connectivity index (χ2v) is 5.81. The van der Waals surface area contributed by atoms with E-state index >= 15 is 0 Å². The van der Waals surface area contributed by atoms with Gasteiger partial charge in [0, 0.05) is 37.2 Å². The molecule has 1 saturated heterocycles. The Morgan fingerprint density at radius 2 is 1.86 bits per heavy atom. The Bertz CT molecular complexity index is 557. The zero-order valence-electron chi connectivity index (χ0n) is 12.8. The van der Waals surface area contributed by atoms with Crippen LogP contribution < -0.4 is 10.1 Å². The van der Waals surface area contributed by atoms with E-state index < -0.39 is 0 Å². The van der Waals surface area contributed by atoms with Gasteiger partial charge in [0.1, 0.15) is 5.75 Å². The van der Waals surface area contributed by atoms with Gasteiger partial charge < -0.3 is 19.9 Å². The molecule has 1 fully saturated rings. The molecule has 3 amide bonds. The quantitative estimate of drug-likeness (QED) is 0.885. The van der Waals surface area contributed by atoms with Crippen molar-refractivity contribution >= 4 is 27.9 Å². The first-order valence-corrected chi connectivity index (χ1v) is 8.01. The van der Waals surface area contributed by atoms with Crippen molar-refractivity contribution in [1.82, 2.24) is 15.1 Å². The van der Waals surface area contributed by atoms with Crippen LogP contribution >= 0.6 is 15.9 Å². The third-order valence-corrected chi connectivity index (χ3v) is 4.28. The van der Waals surface area contributed by atoms with E-state index in [-0.39, 0.29) is 11.9 Å². The molecule has 0 bridgehead atoms. The lowest BCUT2D eigenvalue weighted by Gasteiger charge is -2.34. The first kappa shape index (κ1) is 16.6. The molecule has 1 N–H and O–H groups in total. The van der Waals surface area contributed by atoms with Crippen LogP contribution in [0.15, 0.2) is 22.7 Å². The summed E-state index contributed by atoms with van der Waals surface area (Å²) in [4.78, 5) is 27.9. The van der Waals surface area contributed by atoms with Gasteiger partial charge in [-0.3, -0.25) is 4.79 Å².